The molecule has 0 aromatic carbocycles. The van der Waals surface area contributed by atoms with Crippen molar-refractivity contribution >= 4 is 23.9 Å². The van der Waals surface area contributed by atoms with E-state index in [0.717, 1.165) is 11.4 Å². The molecule has 0 bridgehead atoms. The Morgan fingerprint density at radius 2 is 1.20 bits per heavy atom. The molecule has 0 spiro atoms. The van der Waals surface area contributed by atoms with E-state index in [2.05, 4.69) is 9.97 Å². The van der Waals surface area contributed by atoms with E-state index < -0.39 is 0 Å². The van der Waals surface area contributed by atoms with Gasteiger partial charge in [0.1, 0.15) is 5.15 Å². The van der Waals surface area contributed by atoms with Crippen molar-refractivity contribution in [2.24, 2.45) is 0 Å². The number of aryl methyl sites for hydroxylation is 4. The van der Waals surface area contributed by atoms with Gasteiger partial charge in [0.25, 0.3) is 0 Å². The predicted octanol–water partition coefficient (Wildman–Crippen LogP) is 2.89. The fourth-order valence-corrected chi connectivity index (χ4v) is 1.51. The van der Waals surface area contributed by atoms with Crippen molar-refractivity contribution in [3.05, 3.63) is 51.9 Å². The summed E-state index contributed by atoms with van der Waals surface area (Å²) < 4.78 is 4.94. The Kier molecular flexibility index (Phi) is 14.4. The number of hydrogen-bond donors (Lipinski definition) is 0. The first-order valence-corrected chi connectivity index (χ1v) is 7.21. The first-order chi connectivity index (χ1) is 11.8. The lowest BCUT2D eigenvalue weighted by atomic mass is 10.2. The molecule has 7 nitrogen and oxygen atoms in total. The highest BCUT2D eigenvalue weighted by atomic mass is 35.5. The second kappa shape index (κ2) is 14.7. The first-order valence-electron chi connectivity index (χ1n) is 6.83. The molecule has 0 aliphatic rings. The molecule has 134 valence electrons. The summed E-state index contributed by atoms with van der Waals surface area (Å²) in [5.41, 5.74) is 4.40. The van der Waals surface area contributed by atoms with Crippen LogP contribution in [0.25, 0.3) is 0 Å². The normalized spacial score (nSPS) is 7.92. The van der Waals surface area contributed by atoms with Crippen LogP contribution in [0.3, 0.4) is 0 Å². The summed E-state index contributed by atoms with van der Waals surface area (Å²) in [6, 6.07) is 7.62. The van der Waals surface area contributed by atoms with E-state index in [1.807, 2.05) is 45.9 Å². The lowest BCUT2D eigenvalue weighted by molar-refractivity contribution is -0.193. The van der Waals surface area contributed by atoms with Crippen molar-refractivity contribution in [3.63, 3.8) is 0 Å². The molecule has 2 aromatic heterocycles. The maximum atomic E-state index is 8.12. The predicted molar refractivity (Wildman–Crippen MR) is 89.0 cm³/mol. The van der Waals surface area contributed by atoms with Gasteiger partial charge in [-0.3, -0.25) is 0 Å². The fraction of sp³-hybridized carbons (Fsp3) is 0.294. The summed E-state index contributed by atoms with van der Waals surface area (Å²) in [6.45, 7) is 7.96. The molecular formula is C17H19ClN2O5. The highest BCUT2D eigenvalue weighted by Gasteiger charge is 1.95. The van der Waals surface area contributed by atoms with Gasteiger partial charge in [0.05, 0.1) is 7.11 Å². The minimum Gasteiger partial charge on any atom is -0.481 e. The SMILES string of the molecule is COc1ccc(C)c(C)n1.Cc1ccc(Cl)nc1C.O=C=O.O=C=O. The van der Waals surface area contributed by atoms with Crippen molar-refractivity contribution < 1.29 is 23.9 Å². The van der Waals surface area contributed by atoms with Gasteiger partial charge in [-0.2, -0.15) is 19.2 Å². The quantitative estimate of drug-likeness (QED) is 0.714. The number of aromatic nitrogens is 2. The average molecular weight is 367 g/mol. The highest BCUT2D eigenvalue weighted by Crippen LogP contribution is 2.10. The minimum atomic E-state index is 0.250. The largest absolute Gasteiger partial charge is 0.481 e. The summed E-state index contributed by atoms with van der Waals surface area (Å²) in [4.78, 5) is 40.7. The number of pyridine rings is 2. The molecule has 0 aliphatic carbocycles. The molecule has 2 aromatic rings. The fourth-order valence-electron chi connectivity index (χ4n) is 1.32. The number of rotatable bonds is 1. The molecule has 0 unspecified atom stereocenters. The Balaban J connectivity index is 0. The topological polar surface area (TPSA) is 103 Å². The average Bonchev–Trinajstić information content (AvgIpc) is 2.56. The van der Waals surface area contributed by atoms with Crippen LogP contribution in [0, 0.1) is 27.7 Å². The van der Waals surface area contributed by atoms with Crippen LogP contribution in [0.15, 0.2) is 24.3 Å². The van der Waals surface area contributed by atoms with Crippen molar-refractivity contribution in [3.8, 4) is 5.88 Å². The molecule has 0 atom stereocenters. The molecule has 2 heterocycles. The van der Waals surface area contributed by atoms with Gasteiger partial charge in [-0.15, -0.1) is 0 Å². The summed E-state index contributed by atoms with van der Waals surface area (Å²) >= 11 is 5.61. The van der Waals surface area contributed by atoms with Crippen LogP contribution in [0.4, 0.5) is 0 Å². The summed E-state index contributed by atoms with van der Waals surface area (Å²) in [6.07, 6.45) is 0.500. The van der Waals surface area contributed by atoms with Crippen LogP contribution in [-0.2, 0) is 19.2 Å². The zero-order valence-electron chi connectivity index (χ0n) is 14.6. The third-order valence-electron chi connectivity index (χ3n) is 2.85. The van der Waals surface area contributed by atoms with Crippen molar-refractivity contribution in [2.45, 2.75) is 27.7 Å². The number of ether oxygens (including phenoxy) is 1. The van der Waals surface area contributed by atoms with Gasteiger partial charge in [0.15, 0.2) is 0 Å². The second-order valence-electron chi connectivity index (χ2n) is 4.46. The maximum Gasteiger partial charge on any atom is 0.373 e. The van der Waals surface area contributed by atoms with Gasteiger partial charge in [0, 0.05) is 17.5 Å². The third kappa shape index (κ3) is 12.3. The van der Waals surface area contributed by atoms with Gasteiger partial charge in [-0.1, -0.05) is 23.7 Å². The van der Waals surface area contributed by atoms with Gasteiger partial charge in [0.2, 0.25) is 5.88 Å². The summed E-state index contributed by atoms with van der Waals surface area (Å²) in [5, 5.41) is 0.568. The monoisotopic (exact) mass is 366 g/mol. The molecular weight excluding hydrogens is 348 g/mol. The minimum absolute atomic E-state index is 0.250. The van der Waals surface area contributed by atoms with Gasteiger partial charge >= 0.3 is 12.3 Å². The van der Waals surface area contributed by atoms with Crippen LogP contribution in [-0.4, -0.2) is 29.4 Å². The standard InChI is InChI=1S/C8H11NO.C7H8ClN.2CO2/c1-6-4-5-8(10-3)9-7(6)2;1-5-3-4-7(8)9-6(5)2;2*2-1-3/h4-5H,1-3H3;3-4H,1-2H3;;. The lowest BCUT2D eigenvalue weighted by Crippen LogP contribution is -1.91. The van der Waals surface area contributed by atoms with E-state index in [1.165, 1.54) is 11.1 Å². The Hall–Kier alpha value is -2.85. The van der Waals surface area contributed by atoms with Crippen LogP contribution < -0.4 is 4.74 Å². The molecule has 2 rings (SSSR count). The second-order valence-corrected chi connectivity index (χ2v) is 4.85. The zero-order valence-corrected chi connectivity index (χ0v) is 15.4. The third-order valence-corrected chi connectivity index (χ3v) is 3.06. The molecule has 0 fully saturated rings. The molecule has 0 saturated heterocycles. The van der Waals surface area contributed by atoms with E-state index in [1.54, 1.807) is 13.2 Å². The van der Waals surface area contributed by atoms with E-state index in [9.17, 15) is 0 Å². The Morgan fingerprint density at radius 1 is 0.800 bits per heavy atom. The molecule has 0 N–H and O–H groups in total. The van der Waals surface area contributed by atoms with Crippen molar-refractivity contribution in [1.29, 1.82) is 0 Å². The van der Waals surface area contributed by atoms with Crippen LogP contribution >= 0.6 is 11.6 Å². The number of carbonyl (C=O) groups excluding carboxylic acids is 4. The number of halogens is 1. The first kappa shape index (κ1) is 24.4. The number of hydrogen-bond acceptors (Lipinski definition) is 7. The molecule has 0 aliphatic heterocycles. The lowest BCUT2D eigenvalue weighted by Gasteiger charge is -2.01. The number of methoxy groups -OCH3 is 1. The molecule has 0 radical (unpaired) electrons. The zero-order chi connectivity index (χ0) is 19.8. The smallest absolute Gasteiger partial charge is 0.373 e. The Bertz CT molecular complexity index is 711. The summed E-state index contributed by atoms with van der Waals surface area (Å²) in [7, 11) is 1.62. The Morgan fingerprint density at radius 3 is 1.52 bits per heavy atom. The van der Waals surface area contributed by atoms with Gasteiger partial charge in [-0.25, -0.2) is 9.97 Å². The highest BCUT2D eigenvalue weighted by molar-refractivity contribution is 6.29. The van der Waals surface area contributed by atoms with Crippen LogP contribution in [0.1, 0.15) is 22.5 Å². The molecule has 25 heavy (non-hydrogen) atoms. The van der Waals surface area contributed by atoms with E-state index in [4.69, 9.17) is 35.5 Å². The Labute approximate surface area is 151 Å². The van der Waals surface area contributed by atoms with Gasteiger partial charge in [-0.05, 0) is 44.9 Å². The van der Waals surface area contributed by atoms with Crippen molar-refractivity contribution in [1.82, 2.24) is 9.97 Å². The maximum absolute atomic E-state index is 8.12. The van der Waals surface area contributed by atoms with E-state index in [0.29, 0.717) is 11.0 Å². The van der Waals surface area contributed by atoms with Crippen LogP contribution in [0.5, 0.6) is 5.88 Å². The van der Waals surface area contributed by atoms with Gasteiger partial charge < -0.3 is 4.74 Å². The molecule has 0 saturated carbocycles. The summed E-state index contributed by atoms with van der Waals surface area (Å²) in [5.74, 6) is 0.683. The molecule has 0 amide bonds. The molecule has 8 heteroatoms. The van der Waals surface area contributed by atoms with E-state index in [-0.39, 0.29) is 12.3 Å². The van der Waals surface area contributed by atoms with Crippen LogP contribution in [0.2, 0.25) is 5.15 Å². The van der Waals surface area contributed by atoms with E-state index >= 15 is 0 Å². The number of nitrogens with zero attached hydrogens (tertiary/aromatic N) is 2. The van der Waals surface area contributed by atoms with Crippen molar-refractivity contribution in [2.75, 3.05) is 7.11 Å².